The Morgan fingerprint density at radius 1 is 1.33 bits per heavy atom. The van der Waals surface area contributed by atoms with E-state index in [1.807, 2.05) is 0 Å². The molecular formula is C13H20N2O5S. The number of hydrogen-bond acceptors (Lipinski definition) is 5. The van der Waals surface area contributed by atoms with Crippen molar-refractivity contribution in [3.05, 3.63) is 32.9 Å². The molecule has 0 amide bonds. The van der Waals surface area contributed by atoms with Crippen molar-refractivity contribution in [1.29, 1.82) is 0 Å². The van der Waals surface area contributed by atoms with Gasteiger partial charge in [-0.15, -0.1) is 0 Å². The van der Waals surface area contributed by atoms with Crippen LogP contribution in [0.25, 0.3) is 0 Å². The molecule has 0 spiro atoms. The summed E-state index contributed by atoms with van der Waals surface area (Å²) in [5, 5.41) is 11.1. The summed E-state index contributed by atoms with van der Waals surface area (Å²) >= 11 is 0. The van der Waals surface area contributed by atoms with Crippen LogP contribution in [0.2, 0.25) is 0 Å². The maximum absolute atomic E-state index is 12.4. The number of nitro groups is 1. The molecule has 1 rings (SSSR count). The lowest BCUT2D eigenvalue weighted by molar-refractivity contribution is -0.386. The number of sulfonamides is 1. The van der Waals surface area contributed by atoms with Crippen LogP contribution in [0, 0.1) is 30.9 Å². The number of rotatable bonds is 6. The predicted octanol–water partition coefficient (Wildman–Crippen LogP) is 1.83. The van der Waals surface area contributed by atoms with Gasteiger partial charge in [-0.05, 0) is 39.3 Å². The fraction of sp³-hybridized carbons (Fsp3) is 0.538. The Bertz CT molecular complexity index is 655. The number of methoxy groups -OCH3 is 1. The lowest BCUT2D eigenvalue weighted by Crippen LogP contribution is -2.32. The van der Waals surface area contributed by atoms with Crippen molar-refractivity contribution in [3.8, 4) is 0 Å². The number of nitro benzene ring substituents is 1. The van der Waals surface area contributed by atoms with Crippen molar-refractivity contribution >= 4 is 15.7 Å². The first-order valence-electron chi connectivity index (χ1n) is 6.39. The fourth-order valence-corrected chi connectivity index (χ4v) is 3.82. The monoisotopic (exact) mass is 316 g/mol. The molecule has 0 aromatic heterocycles. The average molecular weight is 316 g/mol. The number of hydrogen-bond donors (Lipinski definition) is 1. The third-order valence-corrected chi connectivity index (χ3v) is 4.99. The van der Waals surface area contributed by atoms with Crippen LogP contribution in [0.15, 0.2) is 11.0 Å². The van der Waals surface area contributed by atoms with Gasteiger partial charge in [0.1, 0.15) is 0 Å². The van der Waals surface area contributed by atoms with Crippen molar-refractivity contribution in [1.82, 2.24) is 4.72 Å². The first-order chi connectivity index (χ1) is 9.61. The highest BCUT2D eigenvalue weighted by atomic mass is 32.2. The number of ether oxygens (including phenoxy) is 1. The molecule has 0 aliphatic rings. The van der Waals surface area contributed by atoms with Crippen LogP contribution in [0.4, 0.5) is 5.69 Å². The Balaban J connectivity index is 3.36. The molecule has 1 aromatic carbocycles. The van der Waals surface area contributed by atoms with E-state index in [-0.39, 0.29) is 28.8 Å². The van der Waals surface area contributed by atoms with Gasteiger partial charge in [0.05, 0.1) is 15.9 Å². The summed E-state index contributed by atoms with van der Waals surface area (Å²) in [4.78, 5) is 10.5. The third kappa shape index (κ3) is 3.78. The van der Waals surface area contributed by atoms with Crippen molar-refractivity contribution < 1.29 is 18.1 Å². The van der Waals surface area contributed by atoms with Gasteiger partial charge in [0, 0.05) is 24.8 Å². The molecule has 0 saturated heterocycles. The minimum Gasteiger partial charge on any atom is -0.380 e. The van der Waals surface area contributed by atoms with Crippen molar-refractivity contribution in [3.63, 3.8) is 0 Å². The van der Waals surface area contributed by atoms with Gasteiger partial charge < -0.3 is 4.74 Å². The summed E-state index contributed by atoms with van der Waals surface area (Å²) < 4.78 is 32.2. The first-order valence-corrected chi connectivity index (χ1v) is 7.87. The molecule has 0 bridgehead atoms. The van der Waals surface area contributed by atoms with Gasteiger partial charge in [-0.1, -0.05) is 0 Å². The SMILES string of the molecule is COC(C)CNS(=O)(=O)c1c(C)cc(C)c([N+](=O)[O-])c1C. The normalized spacial score (nSPS) is 13.2. The summed E-state index contributed by atoms with van der Waals surface area (Å²) in [6, 6.07) is 1.51. The Morgan fingerprint density at radius 2 is 1.90 bits per heavy atom. The van der Waals surface area contributed by atoms with Gasteiger partial charge in [-0.25, -0.2) is 13.1 Å². The summed E-state index contributed by atoms with van der Waals surface area (Å²) in [6.07, 6.45) is -0.291. The zero-order valence-corrected chi connectivity index (χ0v) is 13.6. The molecule has 0 aliphatic heterocycles. The molecule has 1 N–H and O–H groups in total. The maximum atomic E-state index is 12.4. The zero-order chi connectivity index (χ0) is 16.4. The minimum atomic E-state index is -3.83. The van der Waals surface area contributed by atoms with Crippen molar-refractivity contribution in [2.24, 2.45) is 0 Å². The Hall–Kier alpha value is -1.51. The minimum absolute atomic E-state index is 0.0388. The van der Waals surface area contributed by atoms with E-state index >= 15 is 0 Å². The summed E-state index contributed by atoms with van der Waals surface area (Å²) in [5.74, 6) is 0. The highest BCUT2D eigenvalue weighted by molar-refractivity contribution is 7.89. The quantitative estimate of drug-likeness (QED) is 0.637. The second-order valence-electron chi connectivity index (χ2n) is 4.97. The largest absolute Gasteiger partial charge is 0.380 e. The van der Waals surface area contributed by atoms with Gasteiger partial charge in [-0.3, -0.25) is 10.1 Å². The second kappa shape index (κ2) is 6.50. The molecule has 0 aliphatic carbocycles. The number of aryl methyl sites for hydroxylation is 2. The van der Waals surface area contributed by atoms with Crippen LogP contribution < -0.4 is 4.72 Å². The molecular weight excluding hydrogens is 296 g/mol. The molecule has 21 heavy (non-hydrogen) atoms. The number of nitrogens with one attached hydrogen (secondary N) is 1. The molecule has 1 unspecified atom stereocenters. The van der Waals surface area contributed by atoms with E-state index in [4.69, 9.17) is 4.74 Å². The van der Waals surface area contributed by atoms with Gasteiger partial charge in [0.25, 0.3) is 5.69 Å². The van der Waals surface area contributed by atoms with Crippen molar-refractivity contribution in [2.75, 3.05) is 13.7 Å². The highest BCUT2D eigenvalue weighted by Crippen LogP contribution is 2.31. The van der Waals surface area contributed by atoms with Crippen LogP contribution in [-0.4, -0.2) is 33.1 Å². The Kier molecular flexibility index (Phi) is 5.43. The average Bonchev–Trinajstić information content (AvgIpc) is 2.34. The van der Waals surface area contributed by atoms with Gasteiger partial charge in [-0.2, -0.15) is 0 Å². The molecule has 0 fully saturated rings. The van der Waals surface area contributed by atoms with Crippen molar-refractivity contribution in [2.45, 2.75) is 38.7 Å². The fourth-order valence-electron chi connectivity index (χ4n) is 2.23. The number of benzene rings is 1. The smallest absolute Gasteiger partial charge is 0.276 e. The van der Waals surface area contributed by atoms with Gasteiger partial charge in [0.2, 0.25) is 10.0 Å². The van der Waals surface area contributed by atoms with E-state index < -0.39 is 14.9 Å². The lowest BCUT2D eigenvalue weighted by Gasteiger charge is -2.15. The van der Waals surface area contributed by atoms with Gasteiger partial charge >= 0.3 is 0 Å². The van der Waals surface area contributed by atoms with E-state index in [0.29, 0.717) is 11.1 Å². The Labute approximate surface area is 124 Å². The third-order valence-electron chi connectivity index (χ3n) is 3.27. The molecule has 0 radical (unpaired) electrons. The van der Waals surface area contributed by atoms with Crippen LogP contribution in [0.5, 0.6) is 0 Å². The molecule has 1 aromatic rings. The summed E-state index contributed by atoms with van der Waals surface area (Å²) in [6.45, 7) is 6.48. The standard InChI is InChI=1S/C13H20N2O5S/c1-8-6-9(2)13(11(4)12(8)15(16)17)21(18,19)14-7-10(3)20-5/h6,10,14H,7H2,1-5H3. The molecule has 8 heteroatoms. The molecule has 0 heterocycles. The maximum Gasteiger partial charge on any atom is 0.276 e. The molecule has 0 saturated carbocycles. The Morgan fingerprint density at radius 3 is 2.38 bits per heavy atom. The molecule has 7 nitrogen and oxygen atoms in total. The predicted molar refractivity (Wildman–Crippen MR) is 79.0 cm³/mol. The van der Waals surface area contributed by atoms with E-state index in [9.17, 15) is 18.5 Å². The van der Waals surface area contributed by atoms with E-state index in [1.165, 1.54) is 20.1 Å². The highest BCUT2D eigenvalue weighted by Gasteiger charge is 2.27. The summed E-state index contributed by atoms with van der Waals surface area (Å²) in [7, 11) is -2.36. The second-order valence-corrected chi connectivity index (χ2v) is 6.67. The van der Waals surface area contributed by atoms with Crippen LogP contribution in [-0.2, 0) is 14.8 Å². The topological polar surface area (TPSA) is 98.5 Å². The molecule has 118 valence electrons. The van der Waals surface area contributed by atoms with E-state index in [2.05, 4.69) is 4.72 Å². The van der Waals surface area contributed by atoms with E-state index in [1.54, 1.807) is 20.8 Å². The molecule has 1 atom stereocenters. The number of nitrogens with zero attached hydrogens (tertiary/aromatic N) is 1. The van der Waals surface area contributed by atoms with E-state index in [0.717, 1.165) is 0 Å². The zero-order valence-electron chi connectivity index (χ0n) is 12.8. The lowest BCUT2D eigenvalue weighted by atomic mass is 10.1. The summed E-state index contributed by atoms with van der Waals surface area (Å²) in [5.41, 5.74) is 0.906. The van der Waals surface area contributed by atoms with Crippen LogP contribution in [0.1, 0.15) is 23.6 Å². The van der Waals surface area contributed by atoms with Crippen LogP contribution in [0.3, 0.4) is 0 Å². The first kappa shape index (κ1) is 17.5. The van der Waals surface area contributed by atoms with Crippen LogP contribution >= 0.6 is 0 Å². The van der Waals surface area contributed by atoms with Gasteiger partial charge in [0.15, 0.2) is 0 Å².